The van der Waals surface area contributed by atoms with Gasteiger partial charge in [0.25, 0.3) is 0 Å². The van der Waals surface area contributed by atoms with E-state index in [1.54, 1.807) is 0 Å². The molecule has 2 saturated carbocycles. The predicted molar refractivity (Wildman–Crippen MR) is 66.1 cm³/mol. The van der Waals surface area contributed by atoms with Gasteiger partial charge in [-0.15, -0.1) is 0 Å². The van der Waals surface area contributed by atoms with Crippen LogP contribution in [0.25, 0.3) is 0 Å². The Kier molecular flexibility index (Phi) is 2.14. The second-order valence-corrected chi connectivity index (χ2v) is 8.33. The van der Waals surface area contributed by atoms with Crippen LogP contribution < -0.4 is 0 Å². The SMILES string of the molecule is Br[C@@H]1C[C@]23CC[C@@]2(CSC3)C[C@H]1Br. The normalized spacial score (nSPS) is 59.5. The minimum absolute atomic E-state index is 0.722. The Morgan fingerprint density at radius 1 is 0.923 bits per heavy atom. The molecule has 0 unspecified atom stereocenters. The summed E-state index contributed by atoms with van der Waals surface area (Å²) in [5, 5.41) is 0. The van der Waals surface area contributed by atoms with Crippen LogP contribution >= 0.6 is 43.6 Å². The van der Waals surface area contributed by atoms with Crippen molar-refractivity contribution in [3.05, 3.63) is 0 Å². The number of hydrogen-bond acceptors (Lipinski definition) is 1. The highest BCUT2D eigenvalue weighted by molar-refractivity contribution is 9.12. The average molecular weight is 326 g/mol. The zero-order valence-electron chi connectivity index (χ0n) is 7.56. The van der Waals surface area contributed by atoms with Crippen LogP contribution in [0.5, 0.6) is 0 Å². The standard InChI is InChI=1S/C10H14Br2S/c11-7-3-9-1-2-10(9,4-8(7)12)6-13-5-9/h7-8H,1-6H2/t7-,8-,9+,10+/m1/s1. The van der Waals surface area contributed by atoms with Gasteiger partial charge in [-0.3, -0.25) is 0 Å². The Balaban J connectivity index is 1.92. The van der Waals surface area contributed by atoms with Crippen molar-refractivity contribution >= 4 is 43.6 Å². The molecule has 0 bridgehead atoms. The predicted octanol–water partition coefficient (Wildman–Crippen LogP) is 3.82. The molecule has 3 heteroatoms. The van der Waals surface area contributed by atoms with Crippen LogP contribution in [-0.2, 0) is 0 Å². The van der Waals surface area contributed by atoms with E-state index >= 15 is 0 Å². The van der Waals surface area contributed by atoms with Crippen molar-refractivity contribution in [1.82, 2.24) is 0 Å². The molecule has 3 fully saturated rings. The maximum Gasteiger partial charge on any atom is 0.0277 e. The zero-order chi connectivity index (χ0) is 9.10. The van der Waals surface area contributed by atoms with Gasteiger partial charge in [0.2, 0.25) is 0 Å². The van der Waals surface area contributed by atoms with E-state index in [-0.39, 0.29) is 0 Å². The van der Waals surface area contributed by atoms with Crippen LogP contribution in [0.4, 0.5) is 0 Å². The molecule has 2 aliphatic carbocycles. The highest BCUT2D eigenvalue weighted by Crippen LogP contribution is 2.71. The fourth-order valence-electron chi connectivity index (χ4n) is 3.48. The smallest absolute Gasteiger partial charge is 0.0277 e. The fraction of sp³-hybridized carbons (Fsp3) is 1.00. The maximum absolute atomic E-state index is 3.83. The lowest BCUT2D eigenvalue weighted by molar-refractivity contribution is -0.0640. The summed E-state index contributed by atoms with van der Waals surface area (Å²) in [5.74, 6) is 2.88. The molecule has 0 spiro atoms. The Labute approximate surface area is 101 Å². The number of halogens is 2. The van der Waals surface area contributed by atoms with Crippen LogP contribution in [0.2, 0.25) is 0 Å². The first-order valence-electron chi connectivity index (χ1n) is 5.03. The van der Waals surface area contributed by atoms with Gasteiger partial charge in [-0.25, -0.2) is 0 Å². The molecule has 0 amide bonds. The van der Waals surface area contributed by atoms with E-state index in [9.17, 15) is 0 Å². The zero-order valence-corrected chi connectivity index (χ0v) is 11.6. The number of alkyl halides is 2. The third-order valence-corrected chi connectivity index (χ3v) is 8.67. The third-order valence-electron chi connectivity index (χ3n) is 4.53. The van der Waals surface area contributed by atoms with Crippen LogP contribution in [0.15, 0.2) is 0 Å². The summed E-state index contributed by atoms with van der Waals surface area (Å²) in [7, 11) is 0. The van der Waals surface area contributed by atoms with Crippen molar-refractivity contribution in [2.45, 2.75) is 35.3 Å². The number of thioether (sulfide) groups is 1. The topological polar surface area (TPSA) is 0 Å². The summed E-state index contributed by atoms with van der Waals surface area (Å²) >= 11 is 9.86. The van der Waals surface area contributed by atoms with E-state index in [1.165, 1.54) is 37.2 Å². The van der Waals surface area contributed by atoms with Gasteiger partial charge in [0.05, 0.1) is 0 Å². The number of hydrogen-bond donors (Lipinski definition) is 0. The van der Waals surface area contributed by atoms with Crippen LogP contribution in [0, 0.1) is 10.8 Å². The third kappa shape index (κ3) is 1.10. The van der Waals surface area contributed by atoms with Gasteiger partial charge in [0, 0.05) is 9.65 Å². The van der Waals surface area contributed by atoms with Crippen molar-refractivity contribution in [3.8, 4) is 0 Å². The van der Waals surface area contributed by atoms with Gasteiger partial charge >= 0.3 is 0 Å². The highest BCUT2D eigenvalue weighted by Gasteiger charge is 2.64. The summed E-state index contributed by atoms with van der Waals surface area (Å²) in [6, 6.07) is 0. The second kappa shape index (κ2) is 2.91. The fourth-order valence-corrected chi connectivity index (χ4v) is 7.12. The van der Waals surface area contributed by atoms with E-state index in [4.69, 9.17) is 0 Å². The van der Waals surface area contributed by atoms with E-state index in [0.717, 1.165) is 20.5 Å². The molecule has 0 radical (unpaired) electrons. The lowest BCUT2D eigenvalue weighted by Gasteiger charge is -2.60. The Morgan fingerprint density at radius 3 is 1.77 bits per heavy atom. The minimum Gasteiger partial charge on any atom is -0.161 e. The monoisotopic (exact) mass is 324 g/mol. The minimum atomic E-state index is 0.722. The molecule has 3 rings (SSSR count). The van der Waals surface area contributed by atoms with E-state index in [2.05, 4.69) is 43.6 Å². The molecule has 0 N–H and O–H groups in total. The largest absolute Gasteiger partial charge is 0.161 e. The summed E-state index contributed by atoms with van der Waals surface area (Å²) in [6.07, 6.45) is 5.83. The molecule has 0 aromatic carbocycles. The molecule has 1 saturated heterocycles. The molecule has 4 atom stereocenters. The molecule has 1 heterocycles. The summed E-state index contributed by atoms with van der Waals surface area (Å²) in [4.78, 5) is 1.44. The van der Waals surface area contributed by atoms with Crippen molar-refractivity contribution < 1.29 is 0 Å². The van der Waals surface area contributed by atoms with Crippen LogP contribution in [0.1, 0.15) is 25.7 Å². The molecule has 1 aliphatic heterocycles. The first kappa shape index (κ1) is 9.53. The molecule has 13 heavy (non-hydrogen) atoms. The quantitative estimate of drug-likeness (QED) is 0.610. The molecule has 0 nitrogen and oxygen atoms in total. The maximum atomic E-state index is 3.83. The molecule has 0 aromatic rings. The summed E-state index contributed by atoms with van der Waals surface area (Å²) in [5.41, 5.74) is 1.49. The lowest BCUT2D eigenvalue weighted by atomic mass is 9.46. The van der Waals surface area contributed by atoms with Crippen molar-refractivity contribution in [2.24, 2.45) is 10.8 Å². The Bertz CT molecular complexity index is 221. The van der Waals surface area contributed by atoms with Gasteiger partial charge in [-0.05, 0) is 48.0 Å². The summed E-state index contributed by atoms with van der Waals surface area (Å²) in [6.45, 7) is 0. The molecule has 3 aliphatic rings. The van der Waals surface area contributed by atoms with E-state index < -0.39 is 0 Å². The van der Waals surface area contributed by atoms with E-state index in [0.29, 0.717) is 0 Å². The van der Waals surface area contributed by atoms with Gasteiger partial charge in [-0.2, -0.15) is 11.8 Å². The van der Waals surface area contributed by atoms with Crippen molar-refractivity contribution in [2.75, 3.05) is 11.5 Å². The molecular formula is C10H14Br2S. The van der Waals surface area contributed by atoms with Crippen molar-refractivity contribution in [1.29, 1.82) is 0 Å². The van der Waals surface area contributed by atoms with E-state index in [1.807, 2.05) is 0 Å². The van der Waals surface area contributed by atoms with Crippen LogP contribution in [-0.4, -0.2) is 21.2 Å². The van der Waals surface area contributed by atoms with Crippen LogP contribution in [0.3, 0.4) is 0 Å². The molecule has 0 aromatic heterocycles. The molecule has 74 valence electrons. The second-order valence-electron chi connectivity index (χ2n) is 4.99. The molecular weight excluding hydrogens is 312 g/mol. The Hall–Kier alpha value is 1.31. The first-order valence-corrected chi connectivity index (χ1v) is 8.02. The van der Waals surface area contributed by atoms with Gasteiger partial charge < -0.3 is 0 Å². The van der Waals surface area contributed by atoms with Gasteiger partial charge in [0.15, 0.2) is 0 Å². The van der Waals surface area contributed by atoms with Gasteiger partial charge in [0.1, 0.15) is 0 Å². The van der Waals surface area contributed by atoms with Crippen molar-refractivity contribution in [3.63, 3.8) is 0 Å². The summed E-state index contributed by atoms with van der Waals surface area (Å²) < 4.78 is 0. The first-order chi connectivity index (χ1) is 6.18. The average Bonchev–Trinajstić information content (AvgIpc) is 2.33. The van der Waals surface area contributed by atoms with Gasteiger partial charge in [-0.1, -0.05) is 31.9 Å². The lowest BCUT2D eigenvalue weighted by Crippen LogP contribution is -2.57. The number of rotatable bonds is 0. The highest BCUT2D eigenvalue weighted by atomic mass is 79.9. The Morgan fingerprint density at radius 2 is 1.38 bits per heavy atom.